The highest BCUT2D eigenvalue weighted by atomic mass is 16.5. The Morgan fingerprint density at radius 2 is 1.89 bits per heavy atom. The minimum atomic E-state index is 0.173. The molecule has 1 atom stereocenters. The molecule has 2 fully saturated rings. The molecule has 27 heavy (non-hydrogen) atoms. The molecule has 1 unspecified atom stereocenters. The van der Waals surface area contributed by atoms with E-state index < -0.39 is 0 Å². The number of carbonyl (C=O) groups excluding carboxylic acids is 1. The smallest absolute Gasteiger partial charge is 0.224 e. The summed E-state index contributed by atoms with van der Waals surface area (Å²) in [5.41, 5.74) is 1.24. The normalized spacial score (nSPS) is 21.1. The summed E-state index contributed by atoms with van der Waals surface area (Å²) in [7, 11) is 3.36. The van der Waals surface area contributed by atoms with Gasteiger partial charge in [-0.25, -0.2) is 0 Å². The molecule has 0 aliphatic carbocycles. The molecule has 3 rings (SSSR count). The Kier molecular flexibility index (Phi) is 7.35. The Balaban J connectivity index is 1.42. The van der Waals surface area contributed by atoms with Gasteiger partial charge in [0.1, 0.15) is 11.5 Å². The van der Waals surface area contributed by atoms with Gasteiger partial charge in [-0.3, -0.25) is 4.79 Å². The van der Waals surface area contributed by atoms with E-state index in [0.29, 0.717) is 18.9 Å². The molecule has 1 aromatic carbocycles. The molecule has 1 aromatic rings. The van der Waals surface area contributed by atoms with Crippen molar-refractivity contribution in [1.82, 2.24) is 10.2 Å². The van der Waals surface area contributed by atoms with E-state index in [1.165, 1.54) is 5.56 Å². The maximum absolute atomic E-state index is 12.5. The van der Waals surface area contributed by atoms with Gasteiger partial charge in [-0.15, -0.1) is 0 Å². The molecular formula is C21H32N2O4. The summed E-state index contributed by atoms with van der Waals surface area (Å²) in [5, 5.41) is 3.36. The number of morpholine rings is 1. The summed E-state index contributed by atoms with van der Waals surface area (Å²) >= 11 is 0. The van der Waals surface area contributed by atoms with Crippen molar-refractivity contribution in [2.24, 2.45) is 5.92 Å². The molecule has 0 spiro atoms. The van der Waals surface area contributed by atoms with Gasteiger partial charge in [0.2, 0.25) is 5.91 Å². The van der Waals surface area contributed by atoms with Gasteiger partial charge >= 0.3 is 0 Å². The lowest BCUT2D eigenvalue weighted by atomic mass is 9.90. The fourth-order valence-corrected chi connectivity index (χ4v) is 3.94. The highest BCUT2D eigenvalue weighted by Gasteiger charge is 2.25. The number of rotatable bonds is 7. The number of hydrogen-bond donors (Lipinski definition) is 1. The third-order valence-electron chi connectivity index (χ3n) is 5.64. The highest BCUT2D eigenvalue weighted by molar-refractivity contribution is 5.77. The van der Waals surface area contributed by atoms with Crippen LogP contribution in [0.2, 0.25) is 0 Å². The van der Waals surface area contributed by atoms with E-state index in [2.05, 4.69) is 17.4 Å². The van der Waals surface area contributed by atoms with E-state index in [4.69, 9.17) is 14.2 Å². The molecule has 0 saturated carbocycles. The van der Waals surface area contributed by atoms with Crippen LogP contribution < -0.4 is 14.8 Å². The van der Waals surface area contributed by atoms with Gasteiger partial charge in [0, 0.05) is 38.2 Å². The second-order valence-corrected chi connectivity index (χ2v) is 7.51. The molecule has 6 heteroatoms. The molecule has 1 amide bonds. The first-order valence-electron chi connectivity index (χ1n) is 9.98. The zero-order chi connectivity index (χ0) is 19.1. The molecule has 150 valence electrons. The molecule has 0 bridgehead atoms. The highest BCUT2D eigenvalue weighted by Crippen LogP contribution is 2.27. The van der Waals surface area contributed by atoms with Crippen LogP contribution in [0.4, 0.5) is 0 Å². The maximum atomic E-state index is 12.5. The number of nitrogens with one attached hydrogen (secondary N) is 1. The quantitative estimate of drug-likeness (QED) is 0.791. The summed E-state index contributed by atoms with van der Waals surface area (Å²) in [5.74, 6) is 2.60. The topological polar surface area (TPSA) is 60.0 Å². The van der Waals surface area contributed by atoms with Crippen molar-refractivity contribution >= 4 is 5.91 Å². The van der Waals surface area contributed by atoms with E-state index >= 15 is 0 Å². The Labute approximate surface area is 162 Å². The monoisotopic (exact) mass is 376 g/mol. The Bertz CT molecular complexity index is 586. The fraction of sp³-hybridized carbons (Fsp3) is 0.667. The standard InChI is InChI=1S/C21H32N2O4/c1-25-19-11-17(12-20(14-19)26-2)4-3-16-5-8-23(9-6-16)21(24)13-18-15-27-10-7-22-18/h11-12,14,16,18,22H,3-10,13,15H2,1-2H3. The molecule has 6 nitrogen and oxygen atoms in total. The predicted octanol–water partition coefficient (Wildman–Crippen LogP) is 2.25. The van der Waals surface area contributed by atoms with Crippen molar-refractivity contribution in [2.45, 2.75) is 38.1 Å². The number of nitrogens with zero attached hydrogens (tertiary/aromatic N) is 1. The average Bonchev–Trinajstić information content (AvgIpc) is 2.73. The van der Waals surface area contributed by atoms with E-state index in [-0.39, 0.29) is 11.9 Å². The van der Waals surface area contributed by atoms with Gasteiger partial charge in [0.05, 0.1) is 27.4 Å². The first-order chi connectivity index (χ1) is 13.2. The minimum absolute atomic E-state index is 0.173. The number of aryl methyl sites for hydroxylation is 1. The lowest BCUT2D eigenvalue weighted by Crippen LogP contribution is -2.46. The van der Waals surface area contributed by atoms with Crippen LogP contribution in [0.5, 0.6) is 11.5 Å². The third-order valence-corrected chi connectivity index (χ3v) is 5.64. The summed E-state index contributed by atoms with van der Waals surface area (Å²) in [6, 6.07) is 6.24. The molecule has 2 saturated heterocycles. The molecule has 1 N–H and O–H groups in total. The predicted molar refractivity (Wildman–Crippen MR) is 104 cm³/mol. The van der Waals surface area contributed by atoms with Crippen LogP contribution in [-0.2, 0) is 16.0 Å². The van der Waals surface area contributed by atoms with E-state index in [1.54, 1.807) is 14.2 Å². The maximum Gasteiger partial charge on any atom is 0.224 e. The van der Waals surface area contributed by atoms with Gasteiger partial charge in [-0.1, -0.05) is 0 Å². The molecule has 2 heterocycles. The number of benzene rings is 1. The first kappa shape index (κ1) is 20.0. The SMILES string of the molecule is COc1cc(CCC2CCN(C(=O)CC3COCCN3)CC2)cc(OC)c1. The van der Waals surface area contributed by atoms with E-state index in [0.717, 1.165) is 63.4 Å². The Morgan fingerprint density at radius 3 is 2.48 bits per heavy atom. The van der Waals surface area contributed by atoms with E-state index in [9.17, 15) is 4.79 Å². The average molecular weight is 376 g/mol. The fourth-order valence-electron chi connectivity index (χ4n) is 3.94. The van der Waals surface area contributed by atoms with Gasteiger partial charge in [-0.2, -0.15) is 0 Å². The lowest BCUT2D eigenvalue weighted by Gasteiger charge is -2.33. The van der Waals surface area contributed by atoms with Crippen molar-refractivity contribution in [2.75, 3.05) is 47.1 Å². The third kappa shape index (κ3) is 5.84. The largest absolute Gasteiger partial charge is 0.497 e. The molecule has 0 radical (unpaired) electrons. The van der Waals surface area contributed by atoms with Crippen LogP contribution in [0.3, 0.4) is 0 Å². The van der Waals surface area contributed by atoms with Crippen LogP contribution >= 0.6 is 0 Å². The molecule has 2 aliphatic heterocycles. The van der Waals surface area contributed by atoms with Gasteiger partial charge in [0.25, 0.3) is 0 Å². The Hall–Kier alpha value is -1.79. The van der Waals surface area contributed by atoms with Crippen molar-refractivity contribution in [1.29, 1.82) is 0 Å². The van der Waals surface area contributed by atoms with Crippen molar-refractivity contribution in [3.63, 3.8) is 0 Å². The first-order valence-corrected chi connectivity index (χ1v) is 9.98. The van der Waals surface area contributed by atoms with Crippen LogP contribution in [0, 0.1) is 5.92 Å². The number of piperidine rings is 1. The number of carbonyl (C=O) groups is 1. The minimum Gasteiger partial charge on any atom is -0.497 e. The van der Waals surface area contributed by atoms with Crippen molar-refractivity contribution < 1.29 is 19.0 Å². The van der Waals surface area contributed by atoms with E-state index in [1.807, 2.05) is 11.0 Å². The van der Waals surface area contributed by atoms with Crippen LogP contribution in [0.1, 0.15) is 31.2 Å². The zero-order valence-electron chi connectivity index (χ0n) is 16.5. The van der Waals surface area contributed by atoms with Gasteiger partial charge in [-0.05, 0) is 49.3 Å². The lowest BCUT2D eigenvalue weighted by molar-refractivity contribution is -0.133. The molecular weight excluding hydrogens is 344 g/mol. The summed E-state index contributed by atoms with van der Waals surface area (Å²) in [6.45, 7) is 3.98. The van der Waals surface area contributed by atoms with Crippen molar-refractivity contribution in [3.05, 3.63) is 23.8 Å². The second kappa shape index (κ2) is 9.95. The summed E-state index contributed by atoms with van der Waals surface area (Å²) in [6.07, 6.45) is 4.86. The van der Waals surface area contributed by atoms with Crippen LogP contribution in [0.15, 0.2) is 18.2 Å². The van der Waals surface area contributed by atoms with Crippen LogP contribution in [0.25, 0.3) is 0 Å². The number of methoxy groups -OCH3 is 2. The molecule has 2 aliphatic rings. The Morgan fingerprint density at radius 1 is 1.19 bits per heavy atom. The van der Waals surface area contributed by atoms with Gasteiger partial charge in [0.15, 0.2) is 0 Å². The van der Waals surface area contributed by atoms with Gasteiger partial charge < -0.3 is 24.4 Å². The van der Waals surface area contributed by atoms with Crippen molar-refractivity contribution in [3.8, 4) is 11.5 Å². The zero-order valence-corrected chi connectivity index (χ0v) is 16.5. The number of ether oxygens (including phenoxy) is 3. The number of likely N-dealkylation sites (tertiary alicyclic amines) is 1. The molecule has 0 aromatic heterocycles. The summed E-state index contributed by atoms with van der Waals surface area (Å²) < 4.78 is 16.2. The van der Waals surface area contributed by atoms with Crippen LogP contribution in [-0.4, -0.2) is 63.9 Å². The number of hydrogen-bond acceptors (Lipinski definition) is 5. The second-order valence-electron chi connectivity index (χ2n) is 7.51. The number of amides is 1. The summed E-state index contributed by atoms with van der Waals surface area (Å²) in [4.78, 5) is 14.5.